The first-order chi connectivity index (χ1) is 13.1. The van der Waals surface area contributed by atoms with Gasteiger partial charge in [0, 0.05) is 13.5 Å². The van der Waals surface area contributed by atoms with Crippen molar-refractivity contribution in [3.05, 3.63) is 59.7 Å². The number of nitrogens with zero attached hydrogens (tertiary/aromatic N) is 1. The van der Waals surface area contributed by atoms with E-state index in [0.717, 1.165) is 24.2 Å². The van der Waals surface area contributed by atoms with Gasteiger partial charge in [0.2, 0.25) is 5.91 Å². The van der Waals surface area contributed by atoms with Crippen LogP contribution in [0.15, 0.2) is 48.5 Å². The van der Waals surface area contributed by atoms with Gasteiger partial charge < -0.3 is 14.4 Å². The van der Waals surface area contributed by atoms with Crippen LogP contribution in [0.3, 0.4) is 0 Å². The topological polar surface area (TPSA) is 55.8 Å². The summed E-state index contributed by atoms with van der Waals surface area (Å²) in [7, 11) is 0. The summed E-state index contributed by atoms with van der Waals surface area (Å²) in [5, 5.41) is 0. The number of carbonyl (C=O) groups excluding carboxylic acids is 2. The van der Waals surface area contributed by atoms with Crippen LogP contribution in [0.5, 0.6) is 11.5 Å². The van der Waals surface area contributed by atoms with Crippen molar-refractivity contribution >= 4 is 11.9 Å². The lowest BCUT2D eigenvalue weighted by molar-refractivity contribution is -0.138. The maximum atomic E-state index is 12.5. The van der Waals surface area contributed by atoms with Crippen LogP contribution in [-0.2, 0) is 16.0 Å². The average Bonchev–Trinajstić information content (AvgIpc) is 2.67. The maximum absolute atomic E-state index is 12.5. The van der Waals surface area contributed by atoms with Gasteiger partial charge in [0.05, 0.1) is 19.1 Å². The van der Waals surface area contributed by atoms with E-state index in [1.54, 1.807) is 36.1 Å². The lowest BCUT2D eigenvalue weighted by Gasteiger charge is -2.36. The third-order valence-electron chi connectivity index (χ3n) is 4.71. The number of rotatable bonds is 6. The molecule has 5 nitrogen and oxygen atoms in total. The Morgan fingerprint density at radius 2 is 1.78 bits per heavy atom. The number of amides is 1. The fourth-order valence-electron chi connectivity index (χ4n) is 3.40. The SMILES string of the molecule is CCCOc1ccc(OC(=O)CC2c3ccccc3CCN2C(C)=O)cc1. The highest BCUT2D eigenvalue weighted by molar-refractivity contribution is 5.77. The Bertz CT molecular complexity index is 800. The van der Waals surface area contributed by atoms with Crippen LogP contribution in [-0.4, -0.2) is 29.9 Å². The lowest BCUT2D eigenvalue weighted by atomic mass is 9.90. The molecular weight excluding hydrogens is 342 g/mol. The molecule has 0 spiro atoms. The van der Waals surface area contributed by atoms with E-state index in [1.807, 2.05) is 25.1 Å². The zero-order valence-electron chi connectivity index (χ0n) is 15.8. The summed E-state index contributed by atoms with van der Waals surface area (Å²) in [6, 6.07) is 14.7. The molecule has 0 N–H and O–H groups in total. The Balaban J connectivity index is 1.69. The van der Waals surface area contributed by atoms with Crippen LogP contribution < -0.4 is 9.47 Å². The molecule has 1 heterocycles. The Hall–Kier alpha value is -2.82. The van der Waals surface area contributed by atoms with Crippen molar-refractivity contribution in [1.29, 1.82) is 0 Å². The van der Waals surface area contributed by atoms with Gasteiger partial charge in [-0.15, -0.1) is 0 Å². The summed E-state index contributed by atoms with van der Waals surface area (Å²) in [5.41, 5.74) is 2.21. The van der Waals surface area contributed by atoms with E-state index < -0.39 is 0 Å². The fourth-order valence-corrected chi connectivity index (χ4v) is 3.40. The number of ether oxygens (including phenoxy) is 2. The third kappa shape index (κ3) is 4.67. The van der Waals surface area contributed by atoms with Crippen LogP contribution >= 0.6 is 0 Å². The highest BCUT2D eigenvalue weighted by atomic mass is 16.5. The number of carbonyl (C=O) groups is 2. The molecule has 1 atom stereocenters. The van der Waals surface area contributed by atoms with E-state index in [2.05, 4.69) is 6.07 Å². The molecular formula is C22H25NO4. The van der Waals surface area contributed by atoms with Crippen LogP contribution in [0.25, 0.3) is 0 Å². The van der Waals surface area contributed by atoms with E-state index in [9.17, 15) is 9.59 Å². The van der Waals surface area contributed by atoms with Crippen molar-refractivity contribution in [1.82, 2.24) is 4.90 Å². The van der Waals surface area contributed by atoms with Crippen molar-refractivity contribution < 1.29 is 19.1 Å². The summed E-state index contributed by atoms with van der Waals surface area (Å²) in [4.78, 5) is 26.3. The van der Waals surface area contributed by atoms with Gasteiger partial charge in [-0.1, -0.05) is 31.2 Å². The van der Waals surface area contributed by atoms with Gasteiger partial charge in [-0.05, 0) is 48.2 Å². The zero-order valence-corrected chi connectivity index (χ0v) is 15.8. The van der Waals surface area contributed by atoms with Crippen molar-refractivity contribution in [2.45, 2.75) is 39.2 Å². The minimum Gasteiger partial charge on any atom is -0.494 e. The van der Waals surface area contributed by atoms with E-state index in [1.165, 1.54) is 5.56 Å². The third-order valence-corrected chi connectivity index (χ3v) is 4.71. The molecule has 0 saturated carbocycles. The molecule has 0 aliphatic carbocycles. The normalized spacial score (nSPS) is 15.8. The molecule has 27 heavy (non-hydrogen) atoms. The molecule has 0 aromatic heterocycles. The maximum Gasteiger partial charge on any atom is 0.313 e. The first kappa shape index (κ1) is 19.0. The van der Waals surface area contributed by atoms with Crippen LogP contribution in [0.4, 0.5) is 0 Å². The Kier molecular flexibility index (Phi) is 6.12. The largest absolute Gasteiger partial charge is 0.494 e. The Morgan fingerprint density at radius 3 is 2.48 bits per heavy atom. The standard InChI is InChI=1S/C22H25NO4/c1-3-14-26-18-8-10-19(11-9-18)27-22(25)15-21-20-7-5-4-6-17(20)12-13-23(21)16(2)24/h4-11,21H,3,12-15H2,1-2H3. The Morgan fingerprint density at radius 1 is 1.07 bits per heavy atom. The van der Waals surface area contributed by atoms with Gasteiger partial charge in [-0.25, -0.2) is 0 Å². The minimum absolute atomic E-state index is 0.0280. The first-order valence-corrected chi connectivity index (χ1v) is 9.37. The molecule has 0 radical (unpaired) electrons. The summed E-state index contributed by atoms with van der Waals surface area (Å²) >= 11 is 0. The quantitative estimate of drug-likeness (QED) is 0.574. The molecule has 5 heteroatoms. The number of fused-ring (bicyclic) bond motifs is 1. The van der Waals surface area contributed by atoms with Gasteiger partial charge >= 0.3 is 5.97 Å². The molecule has 0 saturated heterocycles. The van der Waals surface area contributed by atoms with Crippen molar-refractivity contribution in [3.63, 3.8) is 0 Å². The number of hydrogen-bond acceptors (Lipinski definition) is 4. The molecule has 1 amide bonds. The summed E-state index contributed by atoms with van der Waals surface area (Å²) < 4.78 is 11.0. The molecule has 142 valence electrons. The first-order valence-electron chi connectivity index (χ1n) is 9.37. The highest BCUT2D eigenvalue weighted by Gasteiger charge is 2.31. The molecule has 3 rings (SSSR count). The monoisotopic (exact) mass is 367 g/mol. The molecule has 1 aliphatic rings. The van der Waals surface area contributed by atoms with Crippen LogP contribution in [0, 0.1) is 0 Å². The van der Waals surface area contributed by atoms with E-state index in [-0.39, 0.29) is 24.3 Å². The van der Waals surface area contributed by atoms with Crippen molar-refractivity contribution in [2.24, 2.45) is 0 Å². The zero-order chi connectivity index (χ0) is 19.2. The van der Waals surface area contributed by atoms with E-state index in [4.69, 9.17) is 9.47 Å². The number of hydrogen-bond donors (Lipinski definition) is 0. The fraction of sp³-hybridized carbons (Fsp3) is 0.364. The van der Waals surface area contributed by atoms with Crippen molar-refractivity contribution in [3.8, 4) is 11.5 Å². The predicted octanol–water partition coefficient (Wildman–Crippen LogP) is 3.92. The predicted molar refractivity (Wildman–Crippen MR) is 103 cm³/mol. The second-order valence-electron chi connectivity index (χ2n) is 6.68. The van der Waals surface area contributed by atoms with E-state index >= 15 is 0 Å². The minimum atomic E-state index is -0.356. The second kappa shape index (κ2) is 8.71. The Labute approximate surface area is 159 Å². The van der Waals surface area contributed by atoms with Gasteiger partial charge in [0.15, 0.2) is 0 Å². The molecule has 2 aromatic rings. The molecule has 0 bridgehead atoms. The average molecular weight is 367 g/mol. The summed E-state index contributed by atoms with van der Waals surface area (Å²) in [6.07, 6.45) is 1.87. The molecule has 2 aromatic carbocycles. The van der Waals surface area contributed by atoms with Gasteiger partial charge in [-0.2, -0.15) is 0 Å². The van der Waals surface area contributed by atoms with Crippen LogP contribution in [0.1, 0.15) is 43.9 Å². The molecule has 0 fully saturated rings. The summed E-state index contributed by atoms with van der Waals surface area (Å²) in [6.45, 7) is 4.86. The van der Waals surface area contributed by atoms with Crippen molar-refractivity contribution in [2.75, 3.05) is 13.2 Å². The smallest absolute Gasteiger partial charge is 0.313 e. The van der Waals surface area contributed by atoms with Crippen LogP contribution in [0.2, 0.25) is 0 Å². The second-order valence-corrected chi connectivity index (χ2v) is 6.68. The highest BCUT2D eigenvalue weighted by Crippen LogP contribution is 2.32. The van der Waals surface area contributed by atoms with Gasteiger partial charge in [-0.3, -0.25) is 9.59 Å². The number of benzene rings is 2. The summed E-state index contributed by atoms with van der Waals surface area (Å²) in [5.74, 6) is 0.841. The molecule has 1 aliphatic heterocycles. The number of esters is 1. The van der Waals surface area contributed by atoms with Gasteiger partial charge in [0.25, 0.3) is 0 Å². The lowest BCUT2D eigenvalue weighted by Crippen LogP contribution is -2.40. The van der Waals surface area contributed by atoms with E-state index in [0.29, 0.717) is 18.9 Å². The molecule has 1 unspecified atom stereocenters. The van der Waals surface area contributed by atoms with Gasteiger partial charge in [0.1, 0.15) is 11.5 Å².